The monoisotopic (exact) mass is 797 g/mol. The first-order chi connectivity index (χ1) is 26.8. The predicted octanol–water partition coefficient (Wildman–Crippen LogP) is 11.1. The predicted molar refractivity (Wildman–Crippen MR) is 224 cm³/mol. The van der Waals surface area contributed by atoms with Gasteiger partial charge in [-0.15, -0.1) is 0 Å². The Kier molecular flexibility index (Phi) is 38.2. The summed E-state index contributed by atoms with van der Waals surface area (Å²) in [6.45, 7) is 2.03. The molecular formula is C44H77O10P. The van der Waals surface area contributed by atoms with Gasteiger partial charge in [0.25, 0.3) is 0 Å². The molecule has 0 heterocycles. The zero-order valence-electron chi connectivity index (χ0n) is 34.4. The SMILES string of the molecule is CC/C=C\C/C=C\C/C=C\CCCCCCCCCC(=O)OC(CO)COP(=O)(O)OCC(CO)OC(=O)CCCCCCC/C=C\C/C=C\CCCCC. The number of carbonyl (C=O) groups is 2. The fraction of sp³-hybridized carbons (Fsp3) is 0.727. The van der Waals surface area contributed by atoms with Gasteiger partial charge < -0.3 is 24.6 Å². The minimum Gasteiger partial charge on any atom is -0.457 e. The quantitative estimate of drug-likeness (QED) is 0.0237. The normalized spacial score (nSPS) is 14.5. The first kappa shape index (κ1) is 52.7. The lowest BCUT2D eigenvalue weighted by Crippen LogP contribution is -2.28. The molecule has 0 amide bonds. The summed E-state index contributed by atoms with van der Waals surface area (Å²) < 4.78 is 32.5. The van der Waals surface area contributed by atoms with Crippen molar-refractivity contribution in [1.29, 1.82) is 0 Å². The van der Waals surface area contributed by atoms with E-state index in [0.29, 0.717) is 12.8 Å². The molecule has 0 fully saturated rings. The largest absolute Gasteiger partial charge is 0.472 e. The molecule has 0 radical (unpaired) electrons. The summed E-state index contributed by atoms with van der Waals surface area (Å²) in [6, 6.07) is 0. The molecule has 0 bridgehead atoms. The van der Waals surface area contributed by atoms with E-state index >= 15 is 0 Å². The van der Waals surface area contributed by atoms with Gasteiger partial charge >= 0.3 is 19.8 Å². The van der Waals surface area contributed by atoms with Gasteiger partial charge in [-0.05, 0) is 77.0 Å². The molecule has 0 aliphatic rings. The zero-order chi connectivity index (χ0) is 40.5. The van der Waals surface area contributed by atoms with Crippen LogP contribution in [0.25, 0.3) is 0 Å². The zero-order valence-corrected chi connectivity index (χ0v) is 35.3. The molecule has 0 saturated heterocycles. The number of phosphoric acid groups is 1. The summed E-state index contributed by atoms with van der Waals surface area (Å²) in [5.74, 6) is -1.05. The topological polar surface area (TPSA) is 149 Å². The summed E-state index contributed by atoms with van der Waals surface area (Å²) in [6.07, 6.45) is 43.3. The van der Waals surface area contributed by atoms with Gasteiger partial charge in [-0.3, -0.25) is 18.6 Å². The van der Waals surface area contributed by atoms with Crippen molar-refractivity contribution in [3.05, 3.63) is 60.8 Å². The minimum absolute atomic E-state index is 0.173. The number of ether oxygens (including phenoxy) is 2. The molecule has 0 rings (SSSR count). The van der Waals surface area contributed by atoms with Crippen LogP contribution in [-0.4, -0.2) is 65.7 Å². The average Bonchev–Trinajstić information content (AvgIpc) is 3.17. The van der Waals surface area contributed by atoms with E-state index in [1.165, 1.54) is 32.1 Å². The van der Waals surface area contributed by atoms with E-state index in [1.54, 1.807) is 0 Å². The van der Waals surface area contributed by atoms with Crippen molar-refractivity contribution >= 4 is 19.8 Å². The third kappa shape index (κ3) is 38.3. The maximum absolute atomic E-state index is 12.4. The molecular weight excluding hydrogens is 719 g/mol. The molecule has 0 aliphatic heterocycles. The highest BCUT2D eigenvalue weighted by atomic mass is 31.2. The molecule has 0 saturated carbocycles. The van der Waals surface area contributed by atoms with Crippen LogP contribution < -0.4 is 0 Å². The van der Waals surface area contributed by atoms with Crippen molar-refractivity contribution in [2.75, 3.05) is 26.4 Å². The number of unbranched alkanes of at least 4 members (excludes halogenated alkanes) is 15. The van der Waals surface area contributed by atoms with E-state index in [-0.39, 0.29) is 12.8 Å². The Balaban J connectivity index is 3.97. The van der Waals surface area contributed by atoms with Gasteiger partial charge in [-0.1, -0.05) is 139 Å². The van der Waals surface area contributed by atoms with Crippen molar-refractivity contribution < 1.29 is 47.8 Å². The van der Waals surface area contributed by atoms with Gasteiger partial charge in [-0.2, -0.15) is 0 Å². The standard InChI is InChI=1S/C44H77O10P/c1-3-5-7-9-11-13-15-17-19-20-22-24-26-28-30-32-34-36-44(48)54-42(38-46)40-52-55(49,50)51-39-41(37-45)53-43(47)35-33-31-29-27-25-23-21-18-16-14-12-10-8-6-4-2/h5,7,11-14,17-19,21,41-42,45-46H,3-4,6,8-10,15-16,20,22-40H2,1-2H3,(H,49,50)/b7-5-,13-11-,14-12-,19-17-,21-18-. The number of aliphatic hydroxyl groups excluding tert-OH is 2. The lowest BCUT2D eigenvalue weighted by molar-refractivity contribution is -0.153. The van der Waals surface area contributed by atoms with E-state index in [0.717, 1.165) is 96.3 Å². The van der Waals surface area contributed by atoms with Crippen LogP contribution in [0.4, 0.5) is 0 Å². The molecule has 11 heteroatoms. The fourth-order valence-electron chi connectivity index (χ4n) is 5.45. The Labute approximate surface area is 334 Å². The van der Waals surface area contributed by atoms with E-state index in [9.17, 15) is 29.3 Å². The maximum Gasteiger partial charge on any atom is 0.472 e. The van der Waals surface area contributed by atoms with Crippen LogP contribution in [0.15, 0.2) is 60.8 Å². The number of esters is 2. The molecule has 318 valence electrons. The Morgan fingerprint density at radius 3 is 1.24 bits per heavy atom. The van der Waals surface area contributed by atoms with E-state index < -0.39 is 58.4 Å². The molecule has 3 unspecified atom stereocenters. The molecule has 0 aromatic heterocycles. The minimum atomic E-state index is -4.64. The molecule has 55 heavy (non-hydrogen) atoms. The van der Waals surface area contributed by atoms with Crippen LogP contribution in [0, 0.1) is 0 Å². The van der Waals surface area contributed by atoms with Crippen molar-refractivity contribution in [3.63, 3.8) is 0 Å². The molecule has 0 aromatic carbocycles. The third-order valence-corrected chi connectivity index (χ3v) is 9.66. The molecule has 0 spiro atoms. The highest BCUT2D eigenvalue weighted by Crippen LogP contribution is 2.43. The van der Waals surface area contributed by atoms with E-state index in [1.807, 2.05) is 0 Å². The highest BCUT2D eigenvalue weighted by molar-refractivity contribution is 7.47. The average molecular weight is 797 g/mol. The third-order valence-electron chi connectivity index (χ3n) is 8.71. The maximum atomic E-state index is 12.4. The summed E-state index contributed by atoms with van der Waals surface area (Å²) in [5.41, 5.74) is 0. The summed E-state index contributed by atoms with van der Waals surface area (Å²) in [4.78, 5) is 34.5. The number of hydrogen-bond acceptors (Lipinski definition) is 9. The van der Waals surface area contributed by atoms with Crippen molar-refractivity contribution in [3.8, 4) is 0 Å². The number of hydrogen-bond donors (Lipinski definition) is 3. The molecule has 3 N–H and O–H groups in total. The van der Waals surface area contributed by atoms with Crippen LogP contribution in [0.2, 0.25) is 0 Å². The van der Waals surface area contributed by atoms with Crippen LogP contribution in [0.3, 0.4) is 0 Å². The van der Waals surface area contributed by atoms with Crippen molar-refractivity contribution in [1.82, 2.24) is 0 Å². The van der Waals surface area contributed by atoms with Gasteiger partial charge in [0.05, 0.1) is 26.4 Å². The van der Waals surface area contributed by atoms with Crippen molar-refractivity contribution in [2.45, 2.75) is 180 Å². The number of phosphoric ester groups is 1. The molecule has 0 aromatic rings. The molecule has 10 nitrogen and oxygen atoms in total. The van der Waals surface area contributed by atoms with Gasteiger partial charge in [0, 0.05) is 12.8 Å². The van der Waals surface area contributed by atoms with Crippen molar-refractivity contribution in [2.24, 2.45) is 0 Å². The fourth-order valence-corrected chi connectivity index (χ4v) is 6.24. The Morgan fingerprint density at radius 1 is 0.509 bits per heavy atom. The number of carbonyl (C=O) groups excluding carboxylic acids is 2. The first-order valence-corrected chi connectivity index (χ1v) is 22.7. The lowest BCUT2D eigenvalue weighted by atomic mass is 10.1. The Morgan fingerprint density at radius 2 is 0.855 bits per heavy atom. The van der Waals surface area contributed by atoms with E-state index in [4.69, 9.17) is 18.5 Å². The second-order valence-electron chi connectivity index (χ2n) is 13.9. The summed E-state index contributed by atoms with van der Waals surface area (Å²) >= 11 is 0. The van der Waals surface area contributed by atoms with Crippen LogP contribution >= 0.6 is 7.82 Å². The van der Waals surface area contributed by atoms with Crippen LogP contribution in [0.1, 0.15) is 168 Å². The number of allylic oxidation sites excluding steroid dienone is 10. The smallest absolute Gasteiger partial charge is 0.457 e. The highest BCUT2D eigenvalue weighted by Gasteiger charge is 2.27. The van der Waals surface area contributed by atoms with Gasteiger partial charge in [0.15, 0.2) is 0 Å². The van der Waals surface area contributed by atoms with Crippen LogP contribution in [-0.2, 0) is 32.7 Å². The Hall–Kier alpha value is -2.33. The summed E-state index contributed by atoms with van der Waals surface area (Å²) in [5, 5.41) is 19.2. The molecule has 0 aliphatic carbocycles. The second-order valence-corrected chi connectivity index (χ2v) is 15.4. The molecule has 3 atom stereocenters. The van der Waals surface area contributed by atoms with Gasteiger partial charge in [-0.25, -0.2) is 4.57 Å². The van der Waals surface area contributed by atoms with Gasteiger partial charge in [0.2, 0.25) is 0 Å². The Bertz CT molecular complexity index is 1100. The summed E-state index contributed by atoms with van der Waals surface area (Å²) in [7, 11) is -4.64. The first-order valence-electron chi connectivity index (χ1n) is 21.2. The lowest BCUT2D eigenvalue weighted by Gasteiger charge is -2.20. The van der Waals surface area contributed by atoms with E-state index in [2.05, 4.69) is 74.6 Å². The number of aliphatic hydroxyl groups is 2. The van der Waals surface area contributed by atoms with Crippen LogP contribution in [0.5, 0.6) is 0 Å². The second kappa shape index (κ2) is 39.9. The van der Waals surface area contributed by atoms with Gasteiger partial charge in [0.1, 0.15) is 12.2 Å². The number of rotatable bonds is 39.